The fourth-order valence-corrected chi connectivity index (χ4v) is 4.84. The second-order valence-corrected chi connectivity index (χ2v) is 11.5. The summed E-state index contributed by atoms with van der Waals surface area (Å²) in [5.41, 5.74) is -4.26. The van der Waals surface area contributed by atoms with E-state index >= 15 is 0 Å². The Hall–Kier alpha value is -4.44. The van der Waals surface area contributed by atoms with E-state index in [1.165, 1.54) is 24.3 Å². The summed E-state index contributed by atoms with van der Waals surface area (Å²) in [5, 5.41) is 0. The first kappa shape index (κ1) is 36.8. The normalized spacial score (nSPS) is 16.9. The summed E-state index contributed by atoms with van der Waals surface area (Å²) in [5.74, 6) is -7.22. The Morgan fingerprint density at radius 3 is 1.30 bits per heavy atom. The van der Waals surface area contributed by atoms with Gasteiger partial charge in [0.1, 0.15) is 22.6 Å². The summed E-state index contributed by atoms with van der Waals surface area (Å²) in [4.78, 5) is 24.9. The molecule has 50 heavy (non-hydrogen) atoms. The number of esters is 2. The summed E-state index contributed by atoms with van der Waals surface area (Å²) >= 11 is 0. The Morgan fingerprint density at radius 2 is 0.980 bits per heavy atom. The van der Waals surface area contributed by atoms with Crippen molar-refractivity contribution in [3.8, 4) is 23.0 Å². The van der Waals surface area contributed by atoms with Gasteiger partial charge in [0.2, 0.25) is 0 Å². The highest BCUT2D eigenvalue weighted by Crippen LogP contribution is 2.49. The minimum absolute atomic E-state index is 0.0592. The fourth-order valence-electron chi connectivity index (χ4n) is 4.84. The van der Waals surface area contributed by atoms with Gasteiger partial charge in [-0.1, -0.05) is 12.1 Å². The Balaban J connectivity index is 1.22. The lowest BCUT2D eigenvalue weighted by molar-refractivity contribution is -0.165. The smallest absolute Gasteiger partial charge is 0.420 e. The van der Waals surface area contributed by atoms with Crippen molar-refractivity contribution in [2.45, 2.75) is 63.1 Å². The molecule has 0 bridgehead atoms. The van der Waals surface area contributed by atoms with Crippen molar-refractivity contribution in [3.05, 3.63) is 82.4 Å². The van der Waals surface area contributed by atoms with Gasteiger partial charge in [-0.25, -0.2) is 8.78 Å². The van der Waals surface area contributed by atoms with Crippen LogP contribution in [0.15, 0.2) is 48.5 Å². The number of carbonyl (C=O) groups is 2. The lowest BCUT2D eigenvalue weighted by atomic mass is 10.0. The van der Waals surface area contributed by atoms with Gasteiger partial charge in [0.15, 0.2) is 23.1 Å². The highest BCUT2D eigenvalue weighted by Gasteiger charge is 2.49. The molecule has 270 valence electrons. The number of aryl methyl sites for hydroxylation is 2. The molecular formula is C34H30F8O8. The van der Waals surface area contributed by atoms with Gasteiger partial charge in [-0.05, 0) is 60.4 Å². The first-order chi connectivity index (χ1) is 23.7. The van der Waals surface area contributed by atoms with Crippen LogP contribution in [0.2, 0.25) is 0 Å². The molecule has 0 aliphatic carbocycles. The average Bonchev–Trinajstić information content (AvgIpc) is 3.97. The highest BCUT2D eigenvalue weighted by molar-refractivity contribution is 5.76. The van der Waals surface area contributed by atoms with E-state index in [2.05, 4.69) is 0 Å². The van der Waals surface area contributed by atoms with Crippen LogP contribution in [0.5, 0.6) is 23.0 Å². The van der Waals surface area contributed by atoms with E-state index in [-0.39, 0.29) is 60.9 Å². The molecule has 0 N–H and O–H groups in total. The van der Waals surface area contributed by atoms with Gasteiger partial charge in [0.25, 0.3) is 0 Å². The Bertz CT molecular complexity index is 1560. The van der Waals surface area contributed by atoms with Crippen LogP contribution in [-0.4, -0.2) is 50.6 Å². The molecule has 0 aromatic heterocycles. The Kier molecular flexibility index (Phi) is 11.5. The minimum atomic E-state index is -5.71. The lowest BCUT2D eigenvalue weighted by Gasteiger charge is -2.21. The van der Waals surface area contributed by atoms with Crippen molar-refractivity contribution in [2.75, 3.05) is 26.4 Å². The monoisotopic (exact) mass is 718 g/mol. The number of halogens is 8. The minimum Gasteiger partial charge on any atom is -0.490 e. The zero-order valence-electron chi connectivity index (χ0n) is 26.1. The van der Waals surface area contributed by atoms with Gasteiger partial charge in [-0.3, -0.25) is 9.59 Å². The van der Waals surface area contributed by atoms with Crippen LogP contribution >= 0.6 is 0 Å². The van der Waals surface area contributed by atoms with Crippen molar-refractivity contribution in [2.24, 2.45) is 0 Å². The summed E-state index contributed by atoms with van der Waals surface area (Å²) in [6, 6.07) is 8.40. The van der Waals surface area contributed by atoms with Crippen LogP contribution in [0, 0.1) is 11.6 Å². The number of hydrogen-bond acceptors (Lipinski definition) is 8. The quantitative estimate of drug-likeness (QED) is 0.0654. The number of carbonyl (C=O) groups excluding carboxylic acids is 2. The van der Waals surface area contributed by atoms with Crippen LogP contribution < -0.4 is 18.9 Å². The van der Waals surface area contributed by atoms with Crippen LogP contribution in [0.4, 0.5) is 35.1 Å². The number of epoxide rings is 2. The van der Waals surface area contributed by atoms with Crippen molar-refractivity contribution in [1.82, 2.24) is 0 Å². The zero-order valence-corrected chi connectivity index (χ0v) is 26.1. The summed E-state index contributed by atoms with van der Waals surface area (Å²) in [6.07, 6.45) is -11.8. The van der Waals surface area contributed by atoms with Crippen LogP contribution in [-0.2, 0) is 44.3 Å². The average molecular weight is 719 g/mol. The molecule has 2 aliphatic heterocycles. The maximum atomic E-state index is 14.4. The standard InChI is InChI=1S/C34H30F8O8/c35-23-15-19(1-5-25(23)45-13-11-21-17-47-21)3-9-29(43)49-27-7-8-28(32(34(40,41)42)31(27)33(37,38)39)50-30(44)10-4-20-2-6-26(24(36)16-20)46-14-12-22-18-48-22/h1-2,5-8,15-16,21-22H,3-4,9-14,17-18H2. The molecule has 0 saturated carbocycles. The number of ether oxygens (including phenoxy) is 6. The van der Waals surface area contributed by atoms with E-state index in [0.29, 0.717) is 38.2 Å². The van der Waals surface area contributed by atoms with Crippen LogP contribution in [0.3, 0.4) is 0 Å². The molecule has 5 rings (SSSR count). The Labute approximate surface area is 280 Å². The fraction of sp³-hybridized carbons (Fsp3) is 0.412. The molecule has 2 fully saturated rings. The molecule has 2 unspecified atom stereocenters. The van der Waals surface area contributed by atoms with E-state index in [9.17, 15) is 44.7 Å². The first-order valence-electron chi connectivity index (χ1n) is 15.5. The van der Waals surface area contributed by atoms with E-state index < -0.39 is 71.4 Å². The highest BCUT2D eigenvalue weighted by atomic mass is 19.4. The molecule has 2 heterocycles. The molecule has 0 amide bonds. The van der Waals surface area contributed by atoms with Crippen LogP contribution in [0.1, 0.15) is 47.9 Å². The van der Waals surface area contributed by atoms with E-state index in [1.54, 1.807) is 0 Å². The lowest BCUT2D eigenvalue weighted by Crippen LogP contribution is -2.22. The van der Waals surface area contributed by atoms with Gasteiger partial charge in [-0.15, -0.1) is 0 Å². The number of alkyl halides is 6. The molecule has 2 atom stereocenters. The van der Waals surface area contributed by atoms with Crippen molar-refractivity contribution in [1.29, 1.82) is 0 Å². The van der Waals surface area contributed by atoms with E-state index in [4.69, 9.17) is 28.4 Å². The maximum absolute atomic E-state index is 14.4. The molecule has 8 nitrogen and oxygen atoms in total. The topological polar surface area (TPSA) is 96.1 Å². The van der Waals surface area contributed by atoms with Gasteiger partial charge in [0.05, 0.1) is 38.6 Å². The molecular weight excluding hydrogens is 688 g/mol. The largest absolute Gasteiger partial charge is 0.490 e. The summed E-state index contributed by atoms with van der Waals surface area (Å²) in [7, 11) is 0. The third-order valence-electron chi connectivity index (χ3n) is 7.57. The van der Waals surface area contributed by atoms with Crippen LogP contribution in [0.25, 0.3) is 0 Å². The predicted octanol–water partition coefficient (Wildman–Crippen LogP) is 7.41. The number of benzene rings is 3. The second-order valence-electron chi connectivity index (χ2n) is 11.5. The third-order valence-corrected chi connectivity index (χ3v) is 7.57. The predicted molar refractivity (Wildman–Crippen MR) is 157 cm³/mol. The molecule has 2 saturated heterocycles. The van der Waals surface area contributed by atoms with Crippen molar-refractivity contribution >= 4 is 11.9 Å². The number of hydrogen-bond donors (Lipinski definition) is 0. The third kappa shape index (κ3) is 10.5. The molecule has 0 spiro atoms. The molecule has 16 heteroatoms. The summed E-state index contributed by atoms with van der Waals surface area (Å²) in [6.45, 7) is 1.62. The van der Waals surface area contributed by atoms with Crippen molar-refractivity contribution in [3.63, 3.8) is 0 Å². The van der Waals surface area contributed by atoms with E-state index in [0.717, 1.165) is 12.1 Å². The molecule has 3 aromatic carbocycles. The van der Waals surface area contributed by atoms with E-state index in [1.807, 2.05) is 0 Å². The van der Waals surface area contributed by atoms with Gasteiger partial charge in [-0.2, -0.15) is 26.3 Å². The van der Waals surface area contributed by atoms with Gasteiger partial charge in [0, 0.05) is 25.7 Å². The zero-order chi connectivity index (χ0) is 36.1. The number of rotatable bonds is 16. The maximum Gasteiger partial charge on any atom is 0.420 e. The summed E-state index contributed by atoms with van der Waals surface area (Å²) < 4.78 is 143. The Morgan fingerprint density at radius 1 is 0.620 bits per heavy atom. The molecule has 0 radical (unpaired) electrons. The first-order valence-corrected chi connectivity index (χ1v) is 15.5. The molecule has 2 aliphatic rings. The SMILES string of the molecule is O=C(CCc1ccc(OCCC2CO2)c(F)c1)Oc1ccc(OC(=O)CCc2ccc(OCCC3CO3)c(F)c2)c(C(F)(F)F)c1C(F)(F)F. The second kappa shape index (κ2) is 15.6. The molecule has 3 aromatic rings. The van der Waals surface area contributed by atoms with Crippen molar-refractivity contribution < 1.29 is 73.1 Å². The van der Waals surface area contributed by atoms with Gasteiger partial charge >= 0.3 is 24.3 Å². The van der Waals surface area contributed by atoms with Gasteiger partial charge < -0.3 is 28.4 Å².